The van der Waals surface area contributed by atoms with Crippen molar-refractivity contribution >= 4 is 5.91 Å². The number of hydrogen-bond donors (Lipinski definition) is 2. The van der Waals surface area contributed by atoms with Crippen LogP contribution < -0.4 is 10.6 Å². The van der Waals surface area contributed by atoms with Gasteiger partial charge < -0.3 is 10.6 Å². The standard InChI is InChI=1S/C18H31N3O/c1-19-4-6-21-5-2-3-16(21)17(22)20-18-10-13-7-14(11-18)9-15(8-13)12-18/h13-16,19H,2-12H2,1H3,(H,20,22). The monoisotopic (exact) mass is 305 g/mol. The van der Waals surface area contributed by atoms with Gasteiger partial charge in [-0.15, -0.1) is 0 Å². The van der Waals surface area contributed by atoms with Gasteiger partial charge in [0, 0.05) is 18.6 Å². The summed E-state index contributed by atoms with van der Waals surface area (Å²) in [5, 5.41) is 6.78. The zero-order valence-corrected chi connectivity index (χ0v) is 13.9. The lowest BCUT2D eigenvalue weighted by Gasteiger charge is -2.57. The highest BCUT2D eigenvalue weighted by molar-refractivity contribution is 5.82. The van der Waals surface area contributed by atoms with Crippen LogP contribution in [-0.2, 0) is 4.79 Å². The van der Waals surface area contributed by atoms with Crippen LogP contribution >= 0.6 is 0 Å². The van der Waals surface area contributed by atoms with Crippen LogP contribution in [0.1, 0.15) is 51.4 Å². The molecule has 1 atom stereocenters. The highest BCUT2D eigenvalue weighted by Crippen LogP contribution is 2.55. The number of hydrogen-bond acceptors (Lipinski definition) is 3. The predicted octanol–water partition coefficient (Wildman–Crippen LogP) is 1.76. The Hall–Kier alpha value is -0.610. The van der Waals surface area contributed by atoms with Crippen molar-refractivity contribution in [2.24, 2.45) is 17.8 Å². The van der Waals surface area contributed by atoms with E-state index in [-0.39, 0.29) is 11.6 Å². The molecule has 0 spiro atoms. The number of carbonyl (C=O) groups is 1. The van der Waals surface area contributed by atoms with Gasteiger partial charge in [0.1, 0.15) is 0 Å². The van der Waals surface area contributed by atoms with Crippen molar-refractivity contribution < 1.29 is 4.79 Å². The first-order valence-corrected chi connectivity index (χ1v) is 9.38. The summed E-state index contributed by atoms with van der Waals surface area (Å²) in [5.41, 5.74) is 0.170. The molecule has 1 heterocycles. The molecule has 5 rings (SSSR count). The number of nitrogens with zero attached hydrogens (tertiary/aromatic N) is 1. The second kappa shape index (κ2) is 5.79. The normalized spacial score (nSPS) is 43.7. The molecule has 0 aromatic rings. The van der Waals surface area contributed by atoms with Crippen molar-refractivity contribution in [3.8, 4) is 0 Å². The first-order chi connectivity index (χ1) is 10.7. The first kappa shape index (κ1) is 14.9. The van der Waals surface area contributed by atoms with Crippen LogP contribution in [0.2, 0.25) is 0 Å². The lowest BCUT2D eigenvalue weighted by atomic mass is 9.53. The van der Waals surface area contributed by atoms with E-state index in [4.69, 9.17) is 0 Å². The van der Waals surface area contributed by atoms with Gasteiger partial charge in [-0.25, -0.2) is 0 Å². The Labute approximate surface area is 134 Å². The van der Waals surface area contributed by atoms with Crippen molar-refractivity contribution in [2.45, 2.75) is 62.9 Å². The molecule has 1 unspecified atom stereocenters. The molecule has 5 fully saturated rings. The van der Waals surface area contributed by atoms with E-state index in [0.717, 1.165) is 43.8 Å². The van der Waals surface area contributed by atoms with Gasteiger partial charge in [0.05, 0.1) is 6.04 Å². The Morgan fingerprint density at radius 2 is 1.77 bits per heavy atom. The summed E-state index contributed by atoms with van der Waals surface area (Å²) >= 11 is 0. The zero-order valence-electron chi connectivity index (χ0n) is 13.9. The average Bonchev–Trinajstić information content (AvgIpc) is 2.91. The maximum absolute atomic E-state index is 12.9. The molecule has 0 aromatic carbocycles. The van der Waals surface area contributed by atoms with Gasteiger partial charge in [0.15, 0.2) is 0 Å². The van der Waals surface area contributed by atoms with Crippen LogP contribution in [0.4, 0.5) is 0 Å². The smallest absolute Gasteiger partial charge is 0.237 e. The molecule has 0 aromatic heterocycles. The van der Waals surface area contributed by atoms with Crippen molar-refractivity contribution in [1.82, 2.24) is 15.5 Å². The summed E-state index contributed by atoms with van der Waals surface area (Å²) < 4.78 is 0. The molecule has 0 radical (unpaired) electrons. The van der Waals surface area contributed by atoms with Gasteiger partial charge in [-0.05, 0) is 82.7 Å². The van der Waals surface area contributed by atoms with E-state index < -0.39 is 0 Å². The SMILES string of the molecule is CNCCN1CCCC1C(=O)NC12CC3CC(CC(C3)C1)C2. The third-order valence-electron chi connectivity index (χ3n) is 6.74. The number of rotatable bonds is 5. The highest BCUT2D eigenvalue weighted by atomic mass is 16.2. The molecule has 1 saturated heterocycles. The number of likely N-dealkylation sites (tertiary alicyclic amines) is 1. The molecular weight excluding hydrogens is 274 g/mol. The molecule has 1 amide bonds. The fourth-order valence-electron chi connectivity index (χ4n) is 6.25. The number of likely N-dealkylation sites (N-methyl/N-ethyl adjacent to an activating group) is 1. The Kier molecular flexibility index (Phi) is 3.93. The van der Waals surface area contributed by atoms with E-state index in [1.807, 2.05) is 7.05 Å². The molecule has 124 valence electrons. The largest absolute Gasteiger partial charge is 0.349 e. The molecule has 5 aliphatic rings. The van der Waals surface area contributed by atoms with E-state index in [0.29, 0.717) is 5.91 Å². The Morgan fingerprint density at radius 3 is 2.36 bits per heavy atom. The van der Waals surface area contributed by atoms with E-state index in [2.05, 4.69) is 15.5 Å². The molecule has 4 aliphatic carbocycles. The van der Waals surface area contributed by atoms with E-state index in [1.54, 1.807) is 0 Å². The topological polar surface area (TPSA) is 44.4 Å². The Bertz CT molecular complexity index is 401. The van der Waals surface area contributed by atoms with Crippen LogP contribution in [0.15, 0.2) is 0 Å². The number of nitrogens with one attached hydrogen (secondary N) is 2. The zero-order chi connectivity index (χ0) is 15.2. The molecular formula is C18H31N3O. The first-order valence-electron chi connectivity index (χ1n) is 9.38. The number of amides is 1. The van der Waals surface area contributed by atoms with Gasteiger partial charge in [0.2, 0.25) is 5.91 Å². The van der Waals surface area contributed by atoms with E-state index in [1.165, 1.54) is 44.9 Å². The fourth-order valence-corrected chi connectivity index (χ4v) is 6.25. The minimum Gasteiger partial charge on any atom is -0.349 e. The fraction of sp³-hybridized carbons (Fsp3) is 0.944. The molecule has 4 nitrogen and oxygen atoms in total. The van der Waals surface area contributed by atoms with Crippen LogP contribution in [0, 0.1) is 17.8 Å². The third kappa shape index (κ3) is 2.69. The summed E-state index contributed by atoms with van der Waals surface area (Å²) in [6.07, 6.45) is 10.3. The van der Waals surface area contributed by atoms with Crippen LogP contribution in [0.3, 0.4) is 0 Å². The van der Waals surface area contributed by atoms with Crippen molar-refractivity contribution in [1.29, 1.82) is 0 Å². The summed E-state index contributed by atoms with van der Waals surface area (Å²) in [7, 11) is 1.99. The minimum atomic E-state index is 0.126. The summed E-state index contributed by atoms with van der Waals surface area (Å²) in [4.78, 5) is 15.3. The molecule has 22 heavy (non-hydrogen) atoms. The summed E-state index contributed by atoms with van der Waals surface area (Å²) in [6, 6.07) is 0.126. The van der Waals surface area contributed by atoms with Gasteiger partial charge in [0.25, 0.3) is 0 Å². The Balaban J connectivity index is 1.41. The maximum Gasteiger partial charge on any atom is 0.237 e. The second-order valence-corrected chi connectivity index (χ2v) is 8.48. The Morgan fingerprint density at radius 1 is 1.14 bits per heavy atom. The predicted molar refractivity (Wildman–Crippen MR) is 87.6 cm³/mol. The summed E-state index contributed by atoms with van der Waals surface area (Å²) in [6.45, 7) is 3.05. The minimum absolute atomic E-state index is 0.126. The molecule has 4 bridgehead atoms. The van der Waals surface area contributed by atoms with E-state index in [9.17, 15) is 4.79 Å². The van der Waals surface area contributed by atoms with Gasteiger partial charge in [-0.3, -0.25) is 9.69 Å². The molecule has 4 heteroatoms. The van der Waals surface area contributed by atoms with Crippen molar-refractivity contribution in [3.05, 3.63) is 0 Å². The molecule has 2 N–H and O–H groups in total. The molecule has 1 aliphatic heterocycles. The molecule has 4 saturated carbocycles. The maximum atomic E-state index is 12.9. The third-order valence-corrected chi connectivity index (χ3v) is 6.74. The van der Waals surface area contributed by atoms with Crippen molar-refractivity contribution in [2.75, 3.05) is 26.7 Å². The van der Waals surface area contributed by atoms with Crippen LogP contribution in [0.5, 0.6) is 0 Å². The van der Waals surface area contributed by atoms with E-state index >= 15 is 0 Å². The second-order valence-electron chi connectivity index (χ2n) is 8.48. The van der Waals surface area contributed by atoms with Crippen LogP contribution in [-0.4, -0.2) is 49.1 Å². The number of carbonyl (C=O) groups excluding carboxylic acids is 1. The van der Waals surface area contributed by atoms with Gasteiger partial charge in [-0.2, -0.15) is 0 Å². The lowest BCUT2D eigenvalue weighted by Crippen LogP contribution is -2.62. The van der Waals surface area contributed by atoms with Gasteiger partial charge in [-0.1, -0.05) is 0 Å². The lowest BCUT2D eigenvalue weighted by molar-refractivity contribution is -0.131. The summed E-state index contributed by atoms with van der Waals surface area (Å²) in [5.74, 6) is 3.03. The quantitative estimate of drug-likeness (QED) is 0.813. The van der Waals surface area contributed by atoms with Crippen LogP contribution in [0.25, 0.3) is 0 Å². The van der Waals surface area contributed by atoms with Gasteiger partial charge >= 0.3 is 0 Å². The highest BCUT2D eigenvalue weighted by Gasteiger charge is 2.52. The van der Waals surface area contributed by atoms with Crippen molar-refractivity contribution in [3.63, 3.8) is 0 Å². The average molecular weight is 305 g/mol.